The average molecular weight is 345 g/mol. The molecule has 0 aromatic rings. The van der Waals surface area contributed by atoms with E-state index in [-0.39, 0.29) is 23.8 Å². The molecule has 0 N–H and O–H groups in total. The quantitative estimate of drug-likeness (QED) is 0.467. The molecule has 0 spiro atoms. The van der Waals surface area contributed by atoms with E-state index in [1.54, 1.807) is 0 Å². The van der Waals surface area contributed by atoms with Crippen molar-refractivity contribution in [3.8, 4) is 0 Å². The molecule has 0 amide bonds. The fraction of sp³-hybridized carbons (Fsp3) is 0. The molecule has 0 heterocycles. The van der Waals surface area contributed by atoms with Gasteiger partial charge in [-0.25, -0.2) is 0 Å². The van der Waals surface area contributed by atoms with Crippen LogP contribution in [0, 0.1) is 0 Å². The van der Waals surface area contributed by atoms with E-state index in [9.17, 15) is 16.9 Å². The molecule has 0 aliphatic carbocycles. The fourth-order valence-electron chi connectivity index (χ4n) is 0. The van der Waals surface area contributed by atoms with Crippen LogP contribution in [0.2, 0.25) is 0 Å². The summed E-state index contributed by atoms with van der Waals surface area (Å²) in [7, 11) is 0. The van der Waals surface area contributed by atoms with Crippen LogP contribution in [0.4, 0.5) is 16.9 Å². The predicted molar refractivity (Wildman–Crippen MR) is 13.5 cm³/mol. The normalized spacial score (nSPS) is 20.2. The molecule has 0 nitrogen and oxygen atoms in total. The molecule has 0 rings (SSSR count). The van der Waals surface area contributed by atoms with Crippen molar-refractivity contribution >= 4 is 19.5 Å². The van der Waals surface area contributed by atoms with Crippen LogP contribution in [0.25, 0.3) is 0 Å². The summed E-state index contributed by atoms with van der Waals surface area (Å²) in [5, 5.41) is 0. The zero-order chi connectivity index (χ0) is 6.41. The van der Waals surface area contributed by atoms with Crippen molar-refractivity contribution < 1.29 is 40.7 Å². The van der Waals surface area contributed by atoms with Gasteiger partial charge in [0.2, 0.25) is 0 Å². The van der Waals surface area contributed by atoms with Gasteiger partial charge in [-0.2, -0.15) is 0 Å². The second-order valence-corrected chi connectivity index (χ2v) is 6.43. The van der Waals surface area contributed by atoms with Crippen LogP contribution in [0.5, 0.6) is 0 Å². The van der Waals surface area contributed by atoms with E-state index in [1.807, 2.05) is 0 Å². The molecule has 0 fully saturated rings. The van der Waals surface area contributed by atoms with Crippen molar-refractivity contribution in [1.82, 2.24) is 0 Å². The fourth-order valence-corrected chi connectivity index (χ4v) is 0. The zero-order valence-corrected chi connectivity index (χ0v) is 7.05. The molecular formula is HAgF6Sb. The molecule has 8 heavy (non-hydrogen) atoms. The second kappa shape index (κ2) is 1.59. The molecule has 8 heteroatoms. The SMILES string of the molecule is [Ag].[F][Sb-]([F])([F])([F])([F])[F].[H+]. The van der Waals surface area contributed by atoms with Gasteiger partial charge in [0.15, 0.2) is 0 Å². The number of halogens is 6. The summed E-state index contributed by atoms with van der Waals surface area (Å²) in [4.78, 5) is 0. The Labute approximate surface area is 60.1 Å². The Morgan fingerprint density at radius 3 is 0.750 bits per heavy atom. The van der Waals surface area contributed by atoms with E-state index >= 15 is 0 Å². The molecule has 0 aromatic heterocycles. The Morgan fingerprint density at radius 1 is 0.750 bits per heavy atom. The zero-order valence-electron chi connectivity index (χ0n) is 4.02. The molecule has 0 bridgehead atoms. The first-order valence-corrected chi connectivity index (χ1v) is 6.80. The van der Waals surface area contributed by atoms with E-state index in [0.29, 0.717) is 0 Å². The Kier molecular flexibility index (Phi) is 2.36. The Morgan fingerprint density at radius 2 is 0.750 bits per heavy atom. The largest absolute Gasteiger partial charge is 1.00 e. The second-order valence-electron chi connectivity index (χ2n) is 0.958. The first-order valence-electron chi connectivity index (χ1n) is 1.01. The topological polar surface area (TPSA) is 0 Å². The minimum Gasteiger partial charge on any atom is 1.00 e. The molecular weight excluding hydrogens is 344 g/mol. The Hall–Kier alpha value is 1.14. The molecule has 0 atom stereocenters. The van der Waals surface area contributed by atoms with Gasteiger partial charge in [0.05, 0.1) is 0 Å². The van der Waals surface area contributed by atoms with Crippen molar-refractivity contribution in [2.75, 3.05) is 0 Å². The van der Waals surface area contributed by atoms with Gasteiger partial charge in [0.1, 0.15) is 0 Å². The van der Waals surface area contributed by atoms with E-state index in [2.05, 4.69) is 0 Å². The maximum Gasteiger partial charge on any atom is 1.00 e. The van der Waals surface area contributed by atoms with Gasteiger partial charge in [-0.3, -0.25) is 0 Å². The van der Waals surface area contributed by atoms with Crippen molar-refractivity contribution in [3.63, 3.8) is 0 Å². The molecule has 0 unspecified atom stereocenters. The Balaban J connectivity index is -0.000000180. The van der Waals surface area contributed by atoms with Gasteiger partial charge < -0.3 is 0 Å². The minimum absolute atomic E-state index is 0. The molecule has 1 radical (unpaired) electrons. The predicted octanol–water partition coefficient (Wildman–Crippen LogP) is 2.25. The summed E-state index contributed by atoms with van der Waals surface area (Å²) in [5.74, 6) is 0. The summed E-state index contributed by atoms with van der Waals surface area (Å²) >= 11 is -11.2. The minimum atomic E-state index is -11.2. The molecule has 0 aromatic carbocycles. The van der Waals surface area contributed by atoms with E-state index in [0.717, 1.165) is 0 Å². The van der Waals surface area contributed by atoms with Crippen LogP contribution in [-0.2, 0) is 22.4 Å². The van der Waals surface area contributed by atoms with Gasteiger partial charge in [-0.15, -0.1) is 0 Å². The van der Waals surface area contributed by atoms with Crippen LogP contribution < -0.4 is 0 Å². The third-order valence-corrected chi connectivity index (χ3v) is 0. The maximum atomic E-state index is 9.93. The number of hydrogen-bond acceptors (Lipinski definition) is 0. The van der Waals surface area contributed by atoms with Gasteiger partial charge in [-0.1, -0.05) is 0 Å². The molecule has 0 aliphatic heterocycles. The maximum absolute atomic E-state index is 11.2. The van der Waals surface area contributed by atoms with Gasteiger partial charge in [0, 0.05) is 22.4 Å². The molecule has 0 saturated heterocycles. The number of hydrogen-bond donors (Lipinski definition) is 0. The van der Waals surface area contributed by atoms with Crippen LogP contribution in [-0.4, -0.2) is 19.5 Å². The van der Waals surface area contributed by atoms with Crippen molar-refractivity contribution in [2.24, 2.45) is 0 Å². The van der Waals surface area contributed by atoms with E-state index in [1.165, 1.54) is 0 Å². The van der Waals surface area contributed by atoms with Crippen molar-refractivity contribution in [3.05, 3.63) is 0 Å². The van der Waals surface area contributed by atoms with Gasteiger partial charge in [-0.05, 0) is 0 Å². The first kappa shape index (κ1) is 11.9. The smallest absolute Gasteiger partial charge is 1.00 e. The molecule has 0 saturated carbocycles. The van der Waals surface area contributed by atoms with Crippen molar-refractivity contribution in [2.45, 2.75) is 0 Å². The van der Waals surface area contributed by atoms with Crippen LogP contribution in [0.15, 0.2) is 0 Å². The number of rotatable bonds is 0. The monoisotopic (exact) mass is 343 g/mol. The molecule has 0 aliphatic rings. The average Bonchev–Trinajstić information content (AvgIpc) is 0.592. The van der Waals surface area contributed by atoms with Crippen LogP contribution in [0.3, 0.4) is 0 Å². The Bertz CT molecular complexity index is 71.6. The summed E-state index contributed by atoms with van der Waals surface area (Å²) in [6.45, 7) is 0. The van der Waals surface area contributed by atoms with E-state index in [4.69, 9.17) is 0 Å². The van der Waals surface area contributed by atoms with Crippen LogP contribution >= 0.6 is 0 Å². The summed E-state index contributed by atoms with van der Waals surface area (Å²) in [6, 6.07) is 0. The third kappa shape index (κ3) is 208. The summed E-state index contributed by atoms with van der Waals surface area (Å²) < 4.78 is 59.6. The first-order chi connectivity index (χ1) is 2.45. The van der Waals surface area contributed by atoms with E-state index < -0.39 is 19.5 Å². The summed E-state index contributed by atoms with van der Waals surface area (Å²) in [6.07, 6.45) is 0. The van der Waals surface area contributed by atoms with Gasteiger partial charge in [0.25, 0.3) is 0 Å². The van der Waals surface area contributed by atoms with Crippen molar-refractivity contribution in [1.29, 1.82) is 0 Å². The molecule has 59 valence electrons. The summed E-state index contributed by atoms with van der Waals surface area (Å²) in [5.41, 5.74) is 0. The third-order valence-electron chi connectivity index (χ3n) is 0. The standard InChI is InChI=1S/Ag.6FH.Sb/h;6*1H;/q;;;;;;;+5/p-5. The van der Waals surface area contributed by atoms with Gasteiger partial charge >= 0.3 is 37.8 Å². The van der Waals surface area contributed by atoms with Crippen LogP contribution in [0.1, 0.15) is 1.43 Å².